The van der Waals surface area contributed by atoms with E-state index in [0.29, 0.717) is 43.4 Å². The van der Waals surface area contributed by atoms with E-state index in [1.807, 2.05) is 98.4 Å². The molecule has 5 rings (SSSR count). The molecule has 1 aliphatic heterocycles. The highest BCUT2D eigenvalue weighted by atomic mass is 32.1. The zero-order chi connectivity index (χ0) is 28.3. The third kappa shape index (κ3) is 6.59. The molecular weight excluding hydrogens is 526 g/mol. The second-order valence-corrected chi connectivity index (χ2v) is 12.0. The number of nitrogens with one attached hydrogen (secondary N) is 1. The molecule has 2 aromatic heterocycles. The highest BCUT2D eigenvalue weighted by Crippen LogP contribution is 2.27. The first-order chi connectivity index (χ1) is 19.2. The van der Waals surface area contributed by atoms with Crippen LogP contribution in [0, 0.1) is 5.92 Å². The second-order valence-electron chi connectivity index (χ2n) is 11.0. The zero-order valence-electron chi connectivity index (χ0n) is 23.3. The normalized spacial score (nSPS) is 15.3. The fourth-order valence-electron chi connectivity index (χ4n) is 4.69. The van der Waals surface area contributed by atoms with Gasteiger partial charge in [-0.1, -0.05) is 18.2 Å². The Morgan fingerprint density at radius 2 is 1.75 bits per heavy atom. The minimum Gasteiger partial charge on any atom is -0.493 e. The quantitative estimate of drug-likeness (QED) is 0.259. The molecule has 40 heavy (non-hydrogen) atoms. The van der Waals surface area contributed by atoms with Gasteiger partial charge in [0.2, 0.25) is 0 Å². The Hall–Kier alpha value is -3.98. The summed E-state index contributed by atoms with van der Waals surface area (Å²) < 4.78 is 20.5. The lowest BCUT2D eigenvalue weighted by molar-refractivity contribution is 0.0284. The molecular formula is C31H35N3O5S. The molecule has 2 amide bonds. The van der Waals surface area contributed by atoms with Gasteiger partial charge >= 0.3 is 6.09 Å². The summed E-state index contributed by atoms with van der Waals surface area (Å²) in [5.41, 5.74) is 2.76. The van der Waals surface area contributed by atoms with Gasteiger partial charge in [-0.25, -0.2) is 4.79 Å². The number of carbonyl (C=O) groups is 2. The van der Waals surface area contributed by atoms with Gasteiger partial charge in [-0.2, -0.15) is 0 Å². The lowest BCUT2D eigenvalue weighted by Gasteiger charge is -2.24. The maximum absolute atomic E-state index is 13.0. The zero-order valence-corrected chi connectivity index (χ0v) is 24.1. The van der Waals surface area contributed by atoms with Gasteiger partial charge in [0.05, 0.1) is 16.8 Å². The Bertz CT molecular complexity index is 1480. The number of hydrogen-bond acceptors (Lipinski definition) is 6. The Kier molecular flexibility index (Phi) is 8.02. The molecule has 0 spiro atoms. The minimum atomic E-state index is -0.495. The topological polar surface area (TPSA) is 82.0 Å². The van der Waals surface area contributed by atoms with Gasteiger partial charge in [-0.3, -0.25) is 4.79 Å². The van der Waals surface area contributed by atoms with Crippen LogP contribution in [-0.2, 0) is 18.4 Å². The molecule has 1 atom stereocenters. The van der Waals surface area contributed by atoms with Gasteiger partial charge in [0.1, 0.15) is 29.4 Å². The van der Waals surface area contributed by atoms with Gasteiger partial charge in [0.25, 0.3) is 5.91 Å². The van der Waals surface area contributed by atoms with E-state index < -0.39 is 5.60 Å². The van der Waals surface area contributed by atoms with E-state index >= 15 is 0 Å². The minimum absolute atomic E-state index is 0.156. The van der Waals surface area contributed by atoms with E-state index in [4.69, 9.17) is 14.2 Å². The molecule has 1 saturated heterocycles. The Morgan fingerprint density at radius 1 is 1.02 bits per heavy atom. The summed E-state index contributed by atoms with van der Waals surface area (Å²) in [4.78, 5) is 27.1. The number of nitrogens with zero attached hydrogens (tertiary/aromatic N) is 2. The number of aromatic nitrogens is 1. The summed E-state index contributed by atoms with van der Waals surface area (Å²) in [6.45, 7) is 7.78. The molecule has 8 nitrogen and oxygen atoms in total. The summed E-state index contributed by atoms with van der Waals surface area (Å²) in [7, 11) is 1.90. The van der Waals surface area contributed by atoms with Crippen molar-refractivity contribution in [2.75, 3.05) is 25.0 Å². The SMILES string of the molecule is Cn1c(C(=O)Nc2ccccc2COc2ccc(OCC3CCN(C(=O)OC(C)(C)C)C3)cc2)cc2sccc21. The maximum Gasteiger partial charge on any atom is 0.410 e. The van der Waals surface area contributed by atoms with Gasteiger partial charge in [-0.15, -0.1) is 11.3 Å². The fourth-order valence-corrected chi connectivity index (χ4v) is 5.54. The van der Waals surface area contributed by atoms with Crippen molar-refractivity contribution in [2.45, 2.75) is 39.4 Å². The molecule has 1 N–H and O–H groups in total. The average Bonchev–Trinajstić information content (AvgIpc) is 3.65. The predicted octanol–water partition coefficient (Wildman–Crippen LogP) is 6.71. The molecule has 1 aliphatic rings. The van der Waals surface area contributed by atoms with Crippen molar-refractivity contribution >= 4 is 39.2 Å². The third-order valence-electron chi connectivity index (χ3n) is 6.80. The van der Waals surface area contributed by atoms with Crippen molar-refractivity contribution in [3.63, 3.8) is 0 Å². The van der Waals surface area contributed by atoms with Crippen LogP contribution in [-0.4, -0.2) is 46.8 Å². The van der Waals surface area contributed by atoms with Crippen LogP contribution in [0.1, 0.15) is 43.2 Å². The smallest absolute Gasteiger partial charge is 0.410 e. The standard InChI is InChI=1S/C31H35N3O5S/c1-31(2,3)39-30(36)34-15-13-21(18-34)19-37-23-9-11-24(12-10-23)38-20-22-7-5-6-8-25(22)32-29(35)27-17-28-26(33(27)4)14-16-40-28/h5-12,14,16-17,21H,13,15,18-20H2,1-4H3,(H,32,35). The molecule has 4 aromatic rings. The van der Waals surface area contributed by atoms with E-state index in [1.165, 1.54) is 0 Å². The number of ether oxygens (including phenoxy) is 3. The van der Waals surface area contributed by atoms with Gasteiger partial charge in [-0.05, 0) is 75.0 Å². The van der Waals surface area contributed by atoms with E-state index in [-0.39, 0.29) is 17.9 Å². The maximum atomic E-state index is 13.0. The molecule has 9 heteroatoms. The highest BCUT2D eigenvalue weighted by molar-refractivity contribution is 7.17. The van der Waals surface area contributed by atoms with Crippen molar-refractivity contribution in [1.82, 2.24) is 9.47 Å². The summed E-state index contributed by atoms with van der Waals surface area (Å²) in [5, 5.41) is 5.06. The first-order valence-corrected chi connectivity index (χ1v) is 14.3. The van der Waals surface area contributed by atoms with E-state index in [9.17, 15) is 9.59 Å². The number of anilines is 1. The van der Waals surface area contributed by atoms with Crippen LogP contribution in [0.5, 0.6) is 11.5 Å². The van der Waals surface area contributed by atoms with Crippen LogP contribution >= 0.6 is 11.3 Å². The molecule has 3 heterocycles. The molecule has 1 unspecified atom stereocenters. The number of rotatable bonds is 8. The van der Waals surface area contributed by atoms with Crippen molar-refractivity contribution in [2.24, 2.45) is 13.0 Å². The monoisotopic (exact) mass is 561 g/mol. The number of thiophene rings is 1. The lowest BCUT2D eigenvalue weighted by atomic mass is 10.1. The van der Waals surface area contributed by atoms with E-state index in [2.05, 4.69) is 5.32 Å². The molecule has 0 radical (unpaired) electrons. The molecule has 0 saturated carbocycles. The summed E-state index contributed by atoms with van der Waals surface area (Å²) in [5.74, 6) is 1.56. The number of hydrogen-bond donors (Lipinski definition) is 1. The highest BCUT2D eigenvalue weighted by Gasteiger charge is 2.30. The van der Waals surface area contributed by atoms with Gasteiger partial charge < -0.3 is 29.0 Å². The summed E-state index contributed by atoms with van der Waals surface area (Å²) >= 11 is 1.62. The van der Waals surface area contributed by atoms with Crippen LogP contribution in [0.25, 0.3) is 10.2 Å². The summed E-state index contributed by atoms with van der Waals surface area (Å²) in [6.07, 6.45) is 0.621. The third-order valence-corrected chi connectivity index (χ3v) is 7.66. The van der Waals surface area contributed by atoms with Crippen LogP contribution in [0.2, 0.25) is 0 Å². The summed E-state index contributed by atoms with van der Waals surface area (Å²) in [6, 6.07) is 19.1. The molecule has 0 bridgehead atoms. The largest absolute Gasteiger partial charge is 0.493 e. The Morgan fingerprint density at radius 3 is 2.48 bits per heavy atom. The van der Waals surface area contributed by atoms with Crippen molar-refractivity contribution < 1.29 is 23.8 Å². The van der Waals surface area contributed by atoms with E-state index in [1.54, 1.807) is 16.2 Å². The Balaban J connectivity index is 1.12. The van der Waals surface area contributed by atoms with Crippen molar-refractivity contribution in [3.8, 4) is 11.5 Å². The number of amides is 2. The van der Waals surface area contributed by atoms with Crippen LogP contribution in [0.4, 0.5) is 10.5 Å². The number of likely N-dealkylation sites (tertiary alicyclic amines) is 1. The van der Waals surface area contributed by atoms with E-state index in [0.717, 1.165) is 28.0 Å². The Labute approximate surface area is 238 Å². The number of para-hydroxylation sites is 1. The van der Waals surface area contributed by atoms with Crippen LogP contribution < -0.4 is 14.8 Å². The number of benzene rings is 2. The predicted molar refractivity (Wildman–Crippen MR) is 157 cm³/mol. The number of fused-ring (bicyclic) bond motifs is 1. The molecule has 210 valence electrons. The lowest BCUT2D eigenvalue weighted by Crippen LogP contribution is -2.35. The molecule has 2 aromatic carbocycles. The van der Waals surface area contributed by atoms with Crippen LogP contribution in [0.15, 0.2) is 66.0 Å². The second kappa shape index (κ2) is 11.6. The average molecular weight is 562 g/mol. The molecule has 1 fully saturated rings. The first-order valence-electron chi connectivity index (χ1n) is 13.4. The fraction of sp³-hybridized carbons (Fsp3) is 0.355. The van der Waals surface area contributed by atoms with Gasteiger partial charge in [0.15, 0.2) is 0 Å². The van der Waals surface area contributed by atoms with Crippen molar-refractivity contribution in [1.29, 1.82) is 0 Å². The number of aryl methyl sites for hydroxylation is 1. The number of carbonyl (C=O) groups excluding carboxylic acids is 2. The molecule has 0 aliphatic carbocycles. The van der Waals surface area contributed by atoms with Crippen LogP contribution in [0.3, 0.4) is 0 Å². The van der Waals surface area contributed by atoms with Crippen molar-refractivity contribution in [3.05, 3.63) is 77.3 Å². The van der Waals surface area contributed by atoms with Gasteiger partial charge in [0, 0.05) is 37.3 Å². The first kappa shape index (κ1) is 27.6.